The minimum Gasteiger partial charge on any atom is -0.508 e. The monoisotopic (exact) mass is 1320 g/mol. The number of fused-ring (bicyclic) bond motifs is 10. The maximum atomic E-state index is 17.1. The van der Waals surface area contributed by atoms with E-state index in [2.05, 4.69) is 40.1 Å². The van der Waals surface area contributed by atoms with Crippen molar-refractivity contribution >= 4 is 45.1 Å². The maximum absolute atomic E-state index is 17.1. The number of aliphatic hydroxyl groups is 8. The highest BCUT2D eigenvalue weighted by molar-refractivity contribution is 8.76. The number of phenolic OH excluding ortho intramolecular Hbond substituents is 1. The van der Waals surface area contributed by atoms with E-state index in [1.807, 2.05) is 24.4 Å². The second-order valence-corrected chi connectivity index (χ2v) is 33.6. The summed E-state index contributed by atoms with van der Waals surface area (Å²) in [6, 6.07) is 7.50. The lowest BCUT2D eigenvalue weighted by Gasteiger charge is -2.66. The molecule has 2 bridgehead atoms. The van der Waals surface area contributed by atoms with Crippen LogP contribution in [-0.4, -0.2) is 148 Å². The number of carbonyl (C=O) groups is 3. The number of cyclic esters (lactones) is 1. The topological polar surface area (TPSA) is 335 Å². The van der Waals surface area contributed by atoms with Crippen LogP contribution in [-0.2, 0) is 19.1 Å². The number of aliphatic imine (C=N–C) groups is 1. The van der Waals surface area contributed by atoms with Crippen LogP contribution in [0.15, 0.2) is 70.6 Å². The number of guanidine groups is 1. The number of carbonyl (C=O) groups excluding carboxylic acids is 3. The van der Waals surface area contributed by atoms with Crippen molar-refractivity contribution in [3.05, 3.63) is 76.8 Å². The van der Waals surface area contributed by atoms with Crippen LogP contribution in [0.3, 0.4) is 0 Å². The first-order chi connectivity index (χ1) is 44.6. The molecule has 18 nitrogen and oxygen atoms in total. The first-order valence-electron chi connectivity index (χ1n) is 35.2. The number of aromatic nitrogens is 1. The van der Waals surface area contributed by atoms with Gasteiger partial charge in [0.1, 0.15) is 11.8 Å². The largest absolute Gasteiger partial charge is 0.508 e. The van der Waals surface area contributed by atoms with E-state index < -0.39 is 130 Å². The van der Waals surface area contributed by atoms with Crippen LogP contribution in [0.2, 0.25) is 0 Å². The molecule has 0 amide bonds. The van der Waals surface area contributed by atoms with Crippen molar-refractivity contribution in [1.29, 1.82) is 0 Å². The molecule has 11 aliphatic rings. The molecule has 15 N–H and O–H groups in total. The Kier molecular flexibility index (Phi) is 19.1. The fourth-order valence-electron chi connectivity index (χ4n) is 22.9. The number of Topliss-reactive ketones (excluding diaryl/α,β-unsaturated/α-hetero) is 2. The fourth-order valence-corrected chi connectivity index (χ4v) is 25.7. The molecule has 2 saturated heterocycles. The standard InChI is InChI=1S/C73H101N5O13S2/c1-39-13-14-40-17-20-47-49(48(40)29-39)30-42(51-36-91-67(88)58(51)44-22-27-76-34-44)9-8-10-43-32-73(90)60-53(21-25-71(73,26-28-77-68(74)75)64(43)69(2,89)57(82)31-50(47)66(86)87)72(45-11-4-3-5-12-45)33-56(81)62(83)52-37-92-93-38-54(41-15-18-46(80)19-16-41)70(23-6-7-24-70)65(85)55(35-79)78-61(60)63(84)59(52)72/h15-19,22,27,34,39,42-43,45,47-59,62,64,66,76,78-83,86-87,89-90H,3-7,10-14,20-21,23-26,28-33,35-38H2,1-2H3,(H4,74,75,77). The Bertz CT molecular complexity index is 3240. The molecular weight excluding hydrogens is 1220 g/mol. The molecule has 1 spiro atoms. The lowest BCUT2D eigenvalue weighted by molar-refractivity contribution is -0.208. The summed E-state index contributed by atoms with van der Waals surface area (Å²) in [5.41, 5.74) is 7.98. The van der Waals surface area contributed by atoms with Gasteiger partial charge in [0.2, 0.25) is 0 Å². The minimum absolute atomic E-state index is 0.00942. The maximum Gasteiger partial charge on any atom is 0.313 e. The summed E-state index contributed by atoms with van der Waals surface area (Å²) in [5, 5.41) is 118. The Hall–Kier alpha value is -4.40. The molecule has 8 fully saturated rings. The van der Waals surface area contributed by atoms with E-state index in [-0.39, 0.29) is 105 Å². The first-order valence-corrected chi connectivity index (χ1v) is 37.7. The summed E-state index contributed by atoms with van der Waals surface area (Å²) in [6.07, 6.45) is 10.9. The van der Waals surface area contributed by atoms with Gasteiger partial charge in [0.15, 0.2) is 23.8 Å². The summed E-state index contributed by atoms with van der Waals surface area (Å²) in [4.78, 5) is 55.1. The second kappa shape index (κ2) is 26.5. The number of nitrogens with one attached hydrogen (secondary N) is 2. The van der Waals surface area contributed by atoms with E-state index in [9.17, 15) is 45.6 Å². The summed E-state index contributed by atoms with van der Waals surface area (Å²) >= 11 is 0. The number of ketones is 2. The number of allylic oxidation sites excluding steroid dienone is 3. The first kappa shape index (κ1) is 67.2. The van der Waals surface area contributed by atoms with E-state index in [0.29, 0.717) is 55.1 Å². The van der Waals surface area contributed by atoms with Gasteiger partial charge in [-0.1, -0.05) is 90.3 Å². The summed E-state index contributed by atoms with van der Waals surface area (Å²) in [7, 11) is 3.11. The molecule has 93 heavy (non-hydrogen) atoms. The quantitative estimate of drug-likeness (QED) is 0.0223. The number of ether oxygens (including phenoxy) is 1. The Labute approximate surface area is 555 Å². The van der Waals surface area contributed by atoms with Gasteiger partial charge in [-0.2, -0.15) is 0 Å². The van der Waals surface area contributed by atoms with Crippen molar-refractivity contribution in [3.8, 4) is 17.6 Å². The average Bonchev–Trinajstić information content (AvgIpc) is 1.63. The van der Waals surface area contributed by atoms with Crippen LogP contribution in [0.1, 0.15) is 172 Å². The summed E-state index contributed by atoms with van der Waals surface area (Å²) in [5.74, 6) is 0.0182. The average molecular weight is 1320 g/mol. The molecule has 9 aliphatic carbocycles. The normalized spacial score (nSPS) is 42.9. The third-order valence-corrected chi connectivity index (χ3v) is 29.3. The molecule has 0 radical (unpaired) electrons. The number of phenols is 1. The Morgan fingerprint density at radius 2 is 1.61 bits per heavy atom. The van der Waals surface area contributed by atoms with Crippen molar-refractivity contribution in [3.63, 3.8) is 0 Å². The van der Waals surface area contributed by atoms with E-state index in [1.165, 1.54) is 16.4 Å². The lowest BCUT2D eigenvalue weighted by atomic mass is 9.39. The molecule has 13 rings (SSSR count). The van der Waals surface area contributed by atoms with Gasteiger partial charge in [-0.3, -0.25) is 19.4 Å². The molecule has 20 heteroatoms. The summed E-state index contributed by atoms with van der Waals surface area (Å²) < 4.78 is 5.98. The SMILES string of the molecule is CC1CCC2=CCC3C(C(O)O)CC(O)C(C)(O)C4C(CC#CC(C5COC(=O)C5c5cc[nH]c5)CC3C2C1)CC1(O)C2=C3NC(CO)C(=O)C5(CCCC5)C(c5ccc(O)cc5)CSSCC5C(O)C(O)CC(C6CCCCC6)(C2CCC41CCN=C(N)N)C5C3=O. The number of aromatic hydroxyl groups is 1. The number of nitrogens with two attached hydrogens (primary N) is 2. The lowest BCUT2D eigenvalue weighted by Crippen LogP contribution is -2.69. The molecule has 22 unspecified atom stereocenters. The smallest absolute Gasteiger partial charge is 0.313 e. The van der Waals surface area contributed by atoms with Gasteiger partial charge < -0.3 is 72.5 Å². The molecule has 3 heterocycles. The third kappa shape index (κ3) is 11.4. The van der Waals surface area contributed by atoms with Crippen LogP contribution in [0.5, 0.6) is 5.75 Å². The molecule has 6 saturated carbocycles. The van der Waals surface area contributed by atoms with Crippen molar-refractivity contribution in [1.82, 2.24) is 10.3 Å². The van der Waals surface area contributed by atoms with Crippen LogP contribution in [0.25, 0.3) is 0 Å². The van der Waals surface area contributed by atoms with Gasteiger partial charge in [0.25, 0.3) is 0 Å². The zero-order chi connectivity index (χ0) is 65.5. The highest BCUT2D eigenvalue weighted by atomic mass is 33.1. The molecule has 1 aromatic heterocycles. The minimum atomic E-state index is -2.11. The van der Waals surface area contributed by atoms with Gasteiger partial charge >= 0.3 is 5.97 Å². The van der Waals surface area contributed by atoms with Crippen LogP contribution in [0.4, 0.5) is 0 Å². The number of H-pyrrole nitrogens is 1. The van der Waals surface area contributed by atoms with E-state index in [0.717, 1.165) is 75.3 Å². The van der Waals surface area contributed by atoms with Gasteiger partial charge in [-0.05, 0) is 185 Å². The highest BCUT2D eigenvalue weighted by Gasteiger charge is 2.76. The van der Waals surface area contributed by atoms with Gasteiger partial charge in [0, 0.05) is 89.1 Å². The predicted molar refractivity (Wildman–Crippen MR) is 355 cm³/mol. The van der Waals surface area contributed by atoms with E-state index in [1.54, 1.807) is 36.0 Å². The molecule has 508 valence electrons. The van der Waals surface area contributed by atoms with Gasteiger partial charge in [-0.15, -0.1) is 5.92 Å². The highest BCUT2D eigenvalue weighted by Crippen LogP contribution is 2.75. The number of aromatic amines is 1. The van der Waals surface area contributed by atoms with Crippen molar-refractivity contribution in [2.75, 3.05) is 31.3 Å². The number of hydrogen-bond donors (Lipinski definition) is 13. The van der Waals surface area contributed by atoms with E-state index in [4.69, 9.17) is 16.2 Å². The molecule has 2 aliphatic heterocycles. The fraction of sp³-hybridized carbons (Fsp3) is 0.726. The molecular formula is C73H101N5O13S2. The number of rotatable bonds is 9. The zero-order valence-corrected chi connectivity index (χ0v) is 55.8. The molecule has 22 atom stereocenters. The third-order valence-electron chi connectivity index (χ3n) is 26.8. The Morgan fingerprint density at radius 1 is 0.860 bits per heavy atom. The van der Waals surface area contributed by atoms with Crippen LogP contribution in [0, 0.1) is 105 Å². The van der Waals surface area contributed by atoms with Gasteiger partial charge in [-0.25, -0.2) is 0 Å². The number of esters is 1. The number of nitrogens with zero attached hydrogens (tertiary/aromatic N) is 1. The second-order valence-electron chi connectivity index (χ2n) is 31.1. The number of benzene rings is 1. The Morgan fingerprint density at radius 3 is 2.32 bits per heavy atom. The van der Waals surface area contributed by atoms with Crippen LogP contribution < -0.4 is 16.8 Å². The van der Waals surface area contributed by atoms with Crippen LogP contribution >= 0.6 is 21.6 Å². The predicted octanol–water partition coefficient (Wildman–Crippen LogP) is 7.27. The zero-order valence-electron chi connectivity index (χ0n) is 54.1. The summed E-state index contributed by atoms with van der Waals surface area (Å²) in [6.45, 7) is 3.25. The van der Waals surface area contributed by atoms with Crippen molar-refractivity contribution in [2.24, 2.45) is 110 Å². The van der Waals surface area contributed by atoms with Gasteiger partial charge in [0.05, 0.1) is 54.3 Å². The van der Waals surface area contributed by atoms with Crippen molar-refractivity contribution < 1.29 is 65.1 Å². The molecule has 1 aromatic carbocycles. The number of aliphatic hydroxyl groups excluding tert-OH is 5. The Balaban J connectivity index is 1.02. The van der Waals surface area contributed by atoms with E-state index >= 15 is 14.7 Å². The van der Waals surface area contributed by atoms with Crippen molar-refractivity contribution in [2.45, 2.75) is 202 Å². The number of hydrogen-bond acceptors (Lipinski definition) is 17. The molecule has 2 aromatic rings.